The van der Waals surface area contributed by atoms with Gasteiger partial charge in [0, 0.05) is 85.5 Å². The van der Waals surface area contributed by atoms with Crippen molar-refractivity contribution in [2.75, 3.05) is 53.6 Å². The van der Waals surface area contributed by atoms with Crippen molar-refractivity contribution in [1.29, 1.82) is 0 Å². The standard InChI is InChI=1S/C36H36Cl2N4O4/c1-43-33-23(17-41-19-35(20-41)13-15-45-35)9-11-29(39-33)27-7-3-5-25(31(27)37)26-6-4-8-28(32(26)38)30-12-10-24(34(40-30)44-2)18-42-21-36(22-42)14-16-46-36/h3-12H,13-22H2,1-2H3. The molecular formula is C36H36Cl2N4O4. The van der Waals surface area contributed by atoms with Crippen LogP contribution in [0, 0.1) is 0 Å². The van der Waals surface area contributed by atoms with Crippen molar-refractivity contribution in [1.82, 2.24) is 19.8 Å². The van der Waals surface area contributed by atoms with Crippen molar-refractivity contribution < 1.29 is 18.9 Å². The quantitative estimate of drug-likeness (QED) is 0.196. The highest BCUT2D eigenvalue weighted by molar-refractivity contribution is 6.39. The van der Waals surface area contributed by atoms with Gasteiger partial charge in [-0.2, -0.15) is 0 Å². The lowest BCUT2D eigenvalue weighted by atomic mass is 9.86. The van der Waals surface area contributed by atoms with Crippen LogP contribution in [0.25, 0.3) is 33.6 Å². The maximum Gasteiger partial charge on any atom is 0.218 e. The van der Waals surface area contributed by atoms with Gasteiger partial charge in [-0.1, -0.05) is 71.7 Å². The number of likely N-dealkylation sites (tertiary alicyclic amines) is 2. The summed E-state index contributed by atoms with van der Waals surface area (Å²) >= 11 is 14.2. The fraction of sp³-hybridized carbons (Fsp3) is 0.389. The van der Waals surface area contributed by atoms with Gasteiger partial charge >= 0.3 is 0 Å². The summed E-state index contributed by atoms with van der Waals surface area (Å²) in [7, 11) is 3.32. The highest BCUT2D eigenvalue weighted by Crippen LogP contribution is 2.43. The van der Waals surface area contributed by atoms with Gasteiger partial charge < -0.3 is 18.9 Å². The van der Waals surface area contributed by atoms with Crippen LogP contribution in [0.4, 0.5) is 0 Å². The van der Waals surface area contributed by atoms with E-state index in [1.165, 1.54) is 0 Å². The number of nitrogens with zero attached hydrogens (tertiary/aromatic N) is 4. The summed E-state index contributed by atoms with van der Waals surface area (Å²) in [6.45, 7) is 7.09. The van der Waals surface area contributed by atoms with Crippen LogP contribution in [0.5, 0.6) is 11.8 Å². The largest absolute Gasteiger partial charge is 0.481 e. The first kappa shape index (κ1) is 30.1. The van der Waals surface area contributed by atoms with Gasteiger partial charge in [0.25, 0.3) is 0 Å². The van der Waals surface area contributed by atoms with Crippen molar-refractivity contribution in [3.63, 3.8) is 0 Å². The third-order valence-corrected chi connectivity index (χ3v) is 10.7. The Balaban J connectivity index is 1.04. The second kappa shape index (κ2) is 11.8. The van der Waals surface area contributed by atoms with Crippen molar-refractivity contribution in [3.8, 4) is 45.4 Å². The second-order valence-electron chi connectivity index (χ2n) is 12.9. The SMILES string of the molecule is COc1nc(-c2cccc(-c3cccc(-c4ccc(CN5CC6(CCO6)C5)c(OC)n4)c3Cl)c2Cl)ccc1CN1CC2(CCO2)C1. The van der Waals surface area contributed by atoms with Crippen LogP contribution in [0.15, 0.2) is 60.7 Å². The predicted octanol–water partition coefficient (Wildman–Crippen LogP) is 6.75. The number of hydrogen-bond acceptors (Lipinski definition) is 8. The van der Waals surface area contributed by atoms with Crippen LogP contribution in [0.3, 0.4) is 0 Å². The molecule has 4 aromatic rings. The summed E-state index contributed by atoms with van der Waals surface area (Å²) in [5.41, 5.74) is 6.97. The molecule has 6 heterocycles. The van der Waals surface area contributed by atoms with E-state index in [9.17, 15) is 0 Å². The maximum atomic E-state index is 7.11. The second-order valence-corrected chi connectivity index (χ2v) is 13.7. The van der Waals surface area contributed by atoms with E-state index in [-0.39, 0.29) is 11.2 Å². The van der Waals surface area contributed by atoms with E-state index in [4.69, 9.17) is 52.1 Å². The van der Waals surface area contributed by atoms with Gasteiger partial charge in [0.2, 0.25) is 11.8 Å². The summed E-state index contributed by atoms with van der Waals surface area (Å²) < 4.78 is 23.0. The van der Waals surface area contributed by atoms with Gasteiger partial charge in [0.15, 0.2) is 0 Å². The van der Waals surface area contributed by atoms with Crippen molar-refractivity contribution in [2.45, 2.75) is 37.1 Å². The molecule has 2 aromatic carbocycles. The minimum Gasteiger partial charge on any atom is -0.481 e. The average Bonchev–Trinajstić information content (AvgIpc) is 2.99. The molecule has 0 bridgehead atoms. The lowest BCUT2D eigenvalue weighted by Crippen LogP contribution is -2.67. The third-order valence-electron chi connectivity index (χ3n) is 9.87. The Hall–Kier alpha value is -3.24. The van der Waals surface area contributed by atoms with Crippen molar-refractivity contribution >= 4 is 23.2 Å². The number of pyridine rings is 2. The highest BCUT2D eigenvalue weighted by Gasteiger charge is 2.49. The molecule has 8 nitrogen and oxygen atoms in total. The fourth-order valence-electron chi connectivity index (χ4n) is 7.23. The van der Waals surface area contributed by atoms with Gasteiger partial charge in [0.05, 0.1) is 60.1 Å². The first-order valence-corrected chi connectivity index (χ1v) is 16.5. The molecule has 0 atom stereocenters. The number of halogens is 2. The smallest absolute Gasteiger partial charge is 0.218 e. The number of aromatic nitrogens is 2. The Bertz CT molecular complexity index is 1660. The molecule has 4 fully saturated rings. The molecule has 0 N–H and O–H groups in total. The topological polar surface area (TPSA) is 69.2 Å². The number of rotatable bonds is 9. The minimum atomic E-state index is 0.0852. The summed E-state index contributed by atoms with van der Waals surface area (Å²) in [6.07, 6.45) is 2.29. The third kappa shape index (κ3) is 5.25. The average molecular weight is 660 g/mol. The van der Waals surface area contributed by atoms with Gasteiger partial charge in [-0.3, -0.25) is 9.80 Å². The number of ether oxygens (including phenoxy) is 4. The molecule has 0 amide bonds. The molecule has 2 spiro atoms. The summed E-state index contributed by atoms with van der Waals surface area (Å²) in [5.74, 6) is 1.20. The van der Waals surface area contributed by atoms with E-state index in [1.54, 1.807) is 14.2 Å². The Labute approximate surface area is 279 Å². The first-order valence-electron chi connectivity index (χ1n) is 15.8. The summed E-state index contributed by atoms with van der Waals surface area (Å²) in [4.78, 5) is 14.5. The molecule has 0 unspecified atom stereocenters. The van der Waals surface area contributed by atoms with Crippen molar-refractivity contribution in [3.05, 3.63) is 81.8 Å². The van der Waals surface area contributed by atoms with Crippen LogP contribution in [0.2, 0.25) is 10.0 Å². The molecule has 4 aliphatic heterocycles. The van der Waals surface area contributed by atoms with Crippen LogP contribution >= 0.6 is 23.2 Å². The maximum absolute atomic E-state index is 7.11. The Morgan fingerprint density at radius 2 is 1.02 bits per heavy atom. The normalized spacial score (nSPS) is 19.7. The Morgan fingerprint density at radius 1 is 0.630 bits per heavy atom. The van der Waals surface area contributed by atoms with Crippen LogP contribution in [-0.4, -0.2) is 84.6 Å². The zero-order valence-electron chi connectivity index (χ0n) is 26.0. The zero-order valence-corrected chi connectivity index (χ0v) is 27.5. The molecule has 0 saturated carbocycles. The predicted molar refractivity (Wildman–Crippen MR) is 179 cm³/mol. The fourth-order valence-corrected chi connectivity index (χ4v) is 7.88. The first-order chi connectivity index (χ1) is 22.4. The lowest BCUT2D eigenvalue weighted by Gasteiger charge is -2.55. The molecule has 46 heavy (non-hydrogen) atoms. The van der Waals surface area contributed by atoms with E-state index in [0.29, 0.717) is 21.8 Å². The zero-order chi connectivity index (χ0) is 31.5. The monoisotopic (exact) mass is 658 g/mol. The summed E-state index contributed by atoms with van der Waals surface area (Å²) in [6, 6.07) is 20.0. The molecule has 0 radical (unpaired) electrons. The molecule has 2 aromatic heterocycles. The molecule has 8 rings (SSSR count). The van der Waals surface area contributed by atoms with Crippen LogP contribution < -0.4 is 9.47 Å². The number of methoxy groups -OCH3 is 2. The minimum absolute atomic E-state index is 0.0852. The molecule has 10 heteroatoms. The number of benzene rings is 2. The highest BCUT2D eigenvalue weighted by atomic mass is 35.5. The van der Waals surface area contributed by atoms with Gasteiger partial charge in [-0.15, -0.1) is 0 Å². The van der Waals surface area contributed by atoms with E-state index in [2.05, 4.69) is 21.9 Å². The number of hydrogen-bond donors (Lipinski definition) is 0. The molecular weight excluding hydrogens is 623 g/mol. The van der Waals surface area contributed by atoms with Gasteiger partial charge in [0.1, 0.15) is 0 Å². The van der Waals surface area contributed by atoms with E-state index in [1.807, 2.05) is 48.5 Å². The van der Waals surface area contributed by atoms with E-state index in [0.717, 1.165) is 110 Å². The molecule has 238 valence electrons. The molecule has 0 aliphatic carbocycles. The van der Waals surface area contributed by atoms with E-state index < -0.39 is 0 Å². The van der Waals surface area contributed by atoms with Crippen molar-refractivity contribution in [2.24, 2.45) is 0 Å². The van der Waals surface area contributed by atoms with Crippen LogP contribution in [0.1, 0.15) is 24.0 Å². The van der Waals surface area contributed by atoms with Crippen LogP contribution in [-0.2, 0) is 22.6 Å². The molecule has 4 aliphatic rings. The van der Waals surface area contributed by atoms with E-state index >= 15 is 0 Å². The van der Waals surface area contributed by atoms with Gasteiger partial charge in [-0.25, -0.2) is 9.97 Å². The Kier molecular flexibility index (Phi) is 7.71. The summed E-state index contributed by atoms with van der Waals surface area (Å²) in [5, 5.41) is 1.14. The van der Waals surface area contributed by atoms with Gasteiger partial charge in [-0.05, 0) is 12.1 Å². The molecule has 4 saturated heterocycles. The lowest BCUT2D eigenvalue weighted by molar-refractivity contribution is -0.223. The Morgan fingerprint density at radius 3 is 1.37 bits per heavy atom.